The second kappa shape index (κ2) is 7.20. The van der Waals surface area contributed by atoms with E-state index in [0.717, 1.165) is 25.8 Å². The zero-order valence-electron chi connectivity index (χ0n) is 13.2. The van der Waals surface area contributed by atoms with Crippen LogP contribution in [0, 0.1) is 11.3 Å². The van der Waals surface area contributed by atoms with Crippen LogP contribution in [0.5, 0.6) is 0 Å². The highest BCUT2D eigenvalue weighted by atomic mass is 32.2. The van der Waals surface area contributed by atoms with E-state index in [1.54, 1.807) is 4.31 Å². The fourth-order valence-corrected chi connectivity index (χ4v) is 3.72. The summed E-state index contributed by atoms with van der Waals surface area (Å²) in [6.45, 7) is 8.72. The number of aliphatic hydroxyl groups excluding tert-OH is 1. The molecule has 1 saturated heterocycles. The Morgan fingerprint density at radius 2 is 2.05 bits per heavy atom. The monoisotopic (exact) mass is 306 g/mol. The SMILES string of the molecule is CC(C)(C)C(CCO)NCC1CCCN(S(C)(=O)=O)C1. The third-order valence-electron chi connectivity index (χ3n) is 4.07. The molecule has 2 N–H and O–H groups in total. The lowest BCUT2D eigenvalue weighted by atomic mass is 9.84. The molecule has 0 aromatic heterocycles. The lowest BCUT2D eigenvalue weighted by Crippen LogP contribution is -2.47. The van der Waals surface area contributed by atoms with E-state index >= 15 is 0 Å². The fraction of sp³-hybridized carbons (Fsp3) is 1.00. The van der Waals surface area contributed by atoms with Crippen LogP contribution < -0.4 is 5.32 Å². The van der Waals surface area contributed by atoms with E-state index in [-0.39, 0.29) is 18.1 Å². The van der Waals surface area contributed by atoms with Gasteiger partial charge in [-0.2, -0.15) is 0 Å². The minimum atomic E-state index is -3.07. The summed E-state index contributed by atoms with van der Waals surface area (Å²) in [6.07, 6.45) is 4.01. The van der Waals surface area contributed by atoms with Crippen molar-refractivity contribution in [1.82, 2.24) is 9.62 Å². The van der Waals surface area contributed by atoms with E-state index < -0.39 is 10.0 Å². The Kier molecular flexibility index (Phi) is 6.44. The smallest absolute Gasteiger partial charge is 0.211 e. The van der Waals surface area contributed by atoms with Crippen molar-refractivity contribution in [2.45, 2.75) is 46.1 Å². The summed E-state index contributed by atoms with van der Waals surface area (Å²) in [5, 5.41) is 12.7. The van der Waals surface area contributed by atoms with Crippen LogP contribution in [0.4, 0.5) is 0 Å². The molecule has 1 aliphatic heterocycles. The van der Waals surface area contributed by atoms with E-state index in [2.05, 4.69) is 26.1 Å². The Hall–Kier alpha value is -0.170. The van der Waals surface area contributed by atoms with Gasteiger partial charge in [-0.15, -0.1) is 0 Å². The zero-order chi connectivity index (χ0) is 15.4. The Balaban J connectivity index is 2.51. The van der Waals surface area contributed by atoms with Gasteiger partial charge >= 0.3 is 0 Å². The van der Waals surface area contributed by atoms with Gasteiger partial charge in [0.05, 0.1) is 6.26 Å². The molecular formula is C14H30N2O3S. The molecule has 1 heterocycles. The van der Waals surface area contributed by atoms with Crippen LogP contribution in [0.1, 0.15) is 40.0 Å². The summed E-state index contributed by atoms with van der Waals surface area (Å²) >= 11 is 0. The first-order valence-electron chi connectivity index (χ1n) is 7.44. The lowest BCUT2D eigenvalue weighted by molar-refractivity contribution is 0.181. The highest BCUT2D eigenvalue weighted by Crippen LogP contribution is 2.23. The summed E-state index contributed by atoms with van der Waals surface area (Å²) < 4.78 is 24.8. The molecule has 6 heteroatoms. The van der Waals surface area contributed by atoms with Crippen LogP contribution >= 0.6 is 0 Å². The number of nitrogens with one attached hydrogen (secondary N) is 1. The van der Waals surface area contributed by atoms with Gasteiger partial charge in [0.25, 0.3) is 0 Å². The summed E-state index contributed by atoms with van der Waals surface area (Å²) in [5.74, 6) is 0.363. The Labute approximate surface area is 123 Å². The van der Waals surface area contributed by atoms with Crippen molar-refractivity contribution in [3.05, 3.63) is 0 Å². The Morgan fingerprint density at radius 3 is 2.55 bits per heavy atom. The molecule has 1 aliphatic rings. The topological polar surface area (TPSA) is 69.6 Å². The van der Waals surface area contributed by atoms with Gasteiger partial charge < -0.3 is 10.4 Å². The van der Waals surface area contributed by atoms with Gasteiger partial charge in [-0.05, 0) is 37.1 Å². The molecule has 0 radical (unpaired) electrons. The summed E-state index contributed by atoms with van der Waals surface area (Å²) in [5.41, 5.74) is 0.0912. The molecule has 0 aromatic rings. The molecular weight excluding hydrogens is 276 g/mol. The summed E-state index contributed by atoms with van der Waals surface area (Å²) in [7, 11) is -3.07. The second-order valence-corrected chi connectivity index (χ2v) is 8.95. The van der Waals surface area contributed by atoms with Gasteiger partial charge in [0.2, 0.25) is 10.0 Å². The fourth-order valence-electron chi connectivity index (χ4n) is 2.77. The highest BCUT2D eigenvalue weighted by molar-refractivity contribution is 7.88. The van der Waals surface area contributed by atoms with Crippen molar-refractivity contribution in [2.24, 2.45) is 11.3 Å². The number of hydrogen-bond donors (Lipinski definition) is 2. The summed E-state index contributed by atoms with van der Waals surface area (Å²) in [6, 6.07) is 0.251. The molecule has 120 valence electrons. The number of sulfonamides is 1. The highest BCUT2D eigenvalue weighted by Gasteiger charge is 2.28. The first kappa shape index (κ1) is 17.9. The van der Waals surface area contributed by atoms with Gasteiger partial charge in [-0.25, -0.2) is 12.7 Å². The maximum atomic E-state index is 11.6. The minimum Gasteiger partial charge on any atom is -0.396 e. The number of aliphatic hydroxyl groups is 1. The normalized spacial score (nSPS) is 23.8. The summed E-state index contributed by atoms with van der Waals surface area (Å²) in [4.78, 5) is 0. The van der Waals surface area contributed by atoms with Crippen molar-refractivity contribution < 1.29 is 13.5 Å². The number of hydrogen-bond acceptors (Lipinski definition) is 4. The second-order valence-electron chi connectivity index (χ2n) is 6.97. The Bertz CT molecular complexity index is 390. The third-order valence-corrected chi connectivity index (χ3v) is 5.34. The molecule has 0 saturated carbocycles. The maximum Gasteiger partial charge on any atom is 0.211 e. The van der Waals surface area contributed by atoms with E-state index in [1.807, 2.05) is 0 Å². The quantitative estimate of drug-likeness (QED) is 0.769. The number of rotatable bonds is 6. The molecule has 2 unspecified atom stereocenters. The van der Waals surface area contributed by atoms with Crippen molar-refractivity contribution >= 4 is 10.0 Å². The van der Waals surface area contributed by atoms with Crippen molar-refractivity contribution in [1.29, 1.82) is 0 Å². The van der Waals surface area contributed by atoms with Crippen molar-refractivity contribution in [3.63, 3.8) is 0 Å². The molecule has 0 aliphatic carbocycles. The predicted molar refractivity (Wildman–Crippen MR) is 82.1 cm³/mol. The number of nitrogens with zero attached hydrogens (tertiary/aromatic N) is 1. The van der Waals surface area contributed by atoms with Gasteiger partial charge in [0.15, 0.2) is 0 Å². The van der Waals surface area contributed by atoms with E-state index in [1.165, 1.54) is 6.26 Å². The maximum absolute atomic E-state index is 11.6. The van der Waals surface area contributed by atoms with E-state index in [0.29, 0.717) is 19.0 Å². The molecule has 0 aromatic carbocycles. The molecule has 0 spiro atoms. The molecule has 1 rings (SSSR count). The zero-order valence-corrected chi connectivity index (χ0v) is 14.0. The van der Waals surface area contributed by atoms with E-state index in [4.69, 9.17) is 5.11 Å². The standard InChI is InChI=1S/C14H30N2O3S/c1-14(2,3)13(7-9-17)15-10-12-6-5-8-16(11-12)20(4,18)19/h12-13,15,17H,5-11H2,1-4H3. The van der Waals surface area contributed by atoms with Crippen LogP contribution in [0.2, 0.25) is 0 Å². The molecule has 0 amide bonds. The van der Waals surface area contributed by atoms with Gasteiger partial charge in [0, 0.05) is 25.7 Å². The van der Waals surface area contributed by atoms with Crippen molar-refractivity contribution in [2.75, 3.05) is 32.5 Å². The van der Waals surface area contributed by atoms with Gasteiger partial charge in [0.1, 0.15) is 0 Å². The predicted octanol–water partition coefficient (Wildman–Crippen LogP) is 1.04. The van der Waals surface area contributed by atoms with Gasteiger partial charge in [-0.1, -0.05) is 20.8 Å². The first-order valence-corrected chi connectivity index (χ1v) is 9.29. The van der Waals surface area contributed by atoms with Crippen LogP contribution in [0.3, 0.4) is 0 Å². The molecule has 5 nitrogen and oxygen atoms in total. The van der Waals surface area contributed by atoms with Crippen LogP contribution in [-0.4, -0.2) is 56.4 Å². The van der Waals surface area contributed by atoms with Crippen molar-refractivity contribution in [3.8, 4) is 0 Å². The first-order chi connectivity index (χ1) is 9.14. The van der Waals surface area contributed by atoms with Gasteiger partial charge in [-0.3, -0.25) is 0 Å². The minimum absolute atomic E-state index is 0.0912. The molecule has 0 bridgehead atoms. The average molecular weight is 306 g/mol. The van der Waals surface area contributed by atoms with Crippen LogP contribution in [0.15, 0.2) is 0 Å². The largest absolute Gasteiger partial charge is 0.396 e. The van der Waals surface area contributed by atoms with Crippen LogP contribution in [0.25, 0.3) is 0 Å². The molecule has 20 heavy (non-hydrogen) atoms. The van der Waals surface area contributed by atoms with Crippen LogP contribution in [-0.2, 0) is 10.0 Å². The molecule has 2 atom stereocenters. The average Bonchev–Trinajstić information content (AvgIpc) is 2.32. The van der Waals surface area contributed by atoms with E-state index in [9.17, 15) is 8.42 Å². The lowest BCUT2D eigenvalue weighted by Gasteiger charge is -2.35. The number of piperidine rings is 1. The third kappa shape index (κ3) is 5.68. The molecule has 1 fully saturated rings. The Morgan fingerprint density at radius 1 is 1.40 bits per heavy atom.